The standard InChI is InChI=1S/C20H16BrN5O/c21-17-7-3-15(4-8-17)13-26-14-22-20(24-26)23-19(27)16-5-9-18(10-6-16)25-11-1-2-12-25/h1-12,14H,13H2,(H,23,24,27). The molecule has 6 nitrogen and oxygen atoms in total. The van der Waals surface area contributed by atoms with Crippen LogP contribution in [0.5, 0.6) is 0 Å². The van der Waals surface area contributed by atoms with Crippen LogP contribution in [0.25, 0.3) is 5.69 Å². The van der Waals surface area contributed by atoms with Crippen molar-refractivity contribution < 1.29 is 4.79 Å². The second kappa shape index (κ2) is 7.59. The molecule has 27 heavy (non-hydrogen) atoms. The molecule has 1 amide bonds. The van der Waals surface area contributed by atoms with Crippen molar-refractivity contribution in [1.29, 1.82) is 0 Å². The van der Waals surface area contributed by atoms with Gasteiger partial charge in [-0.15, -0.1) is 5.10 Å². The van der Waals surface area contributed by atoms with Gasteiger partial charge in [0.15, 0.2) is 0 Å². The van der Waals surface area contributed by atoms with Crippen LogP contribution in [-0.4, -0.2) is 25.2 Å². The van der Waals surface area contributed by atoms with Gasteiger partial charge in [-0.25, -0.2) is 9.67 Å². The number of hydrogen-bond donors (Lipinski definition) is 1. The first-order chi connectivity index (χ1) is 13.2. The lowest BCUT2D eigenvalue weighted by molar-refractivity contribution is 0.102. The smallest absolute Gasteiger partial charge is 0.258 e. The SMILES string of the molecule is O=C(Nc1ncn(Cc2ccc(Br)cc2)n1)c1ccc(-n2cccc2)cc1. The van der Waals surface area contributed by atoms with Crippen LogP contribution in [-0.2, 0) is 6.54 Å². The molecule has 2 aromatic heterocycles. The second-order valence-corrected chi connectivity index (χ2v) is 6.90. The zero-order chi connectivity index (χ0) is 18.6. The lowest BCUT2D eigenvalue weighted by Crippen LogP contribution is -2.13. The maximum Gasteiger partial charge on any atom is 0.258 e. The van der Waals surface area contributed by atoms with Crippen LogP contribution < -0.4 is 5.32 Å². The Morgan fingerprint density at radius 3 is 2.41 bits per heavy atom. The molecule has 0 saturated carbocycles. The molecule has 0 aliphatic heterocycles. The predicted octanol–water partition coefficient (Wildman–Crippen LogP) is 4.13. The van der Waals surface area contributed by atoms with Gasteiger partial charge in [-0.1, -0.05) is 28.1 Å². The fourth-order valence-electron chi connectivity index (χ4n) is 2.67. The van der Waals surface area contributed by atoms with Crippen molar-refractivity contribution in [1.82, 2.24) is 19.3 Å². The van der Waals surface area contributed by atoms with Crippen LogP contribution in [0.2, 0.25) is 0 Å². The van der Waals surface area contributed by atoms with E-state index in [9.17, 15) is 4.79 Å². The molecule has 0 unspecified atom stereocenters. The second-order valence-electron chi connectivity index (χ2n) is 5.98. The molecule has 0 radical (unpaired) electrons. The summed E-state index contributed by atoms with van der Waals surface area (Å²) in [7, 11) is 0. The molecule has 0 atom stereocenters. The molecule has 2 aromatic carbocycles. The van der Waals surface area contributed by atoms with Gasteiger partial charge < -0.3 is 4.57 Å². The Labute approximate surface area is 164 Å². The first kappa shape index (κ1) is 17.2. The molecule has 0 saturated heterocycles. The zero-order valence-corrected chi connectivity index (χ0v) is 15.9. The van der Waals surface area contributed by atoms with E-state index < -0.39 is 0 Å². The number of hydrogen-bond acceptors (Lipinski definition) is 3. The molecular weight excluding hydrogens is 406 g/mol. The van der Waals surface area contributed by atoms with Gasteiger partial charge in [-0.2, -0.15) is 0 Å². The third-order valence-electron chi connectivity index (χ3n) is 4.05. The third kappa shape index (κ3) is 4.15. The number of rotatable bonds is 5. The van der Waals surface area contributed by atoms with Crippen molar-refractivity contribution >= 4 is 27.8 Å². The number of halogens is 1. The van der Waals surface area contributed by atoms with Crippen LogP contribution in [0.1, 0.15) is 15.9 Å². The first-order valence-electron chi connectivity index (χ1n) is 8.36. The molecule has 4 aromatic rings. The highest BCUT2D eigenvalue weighted by atomic mass is 79.9. The molecule has 1 N–H and O–H groups in total. The van der Waals surface area contributed by atoms with Crippen molar-refractivity contribution in [3.63, 3.8) is 0 Å². The van der Waals surface area contributed by atoms with Crippen molar-refractivity contribution in [3.05, 3.63) is 95.0 Å². The van der Waals surface area contributed by atoms with Gasteiger partial charge in [0, 0.05) is 28.1 Å². The Hall–Kier alpha value is -3.19. The fraction of sp³-hybridized carbons (Fsp3) is 0.0500. The van der Waals surface area contributed by atoms with E-state index in [2.05, 4.69) is 31.3 Å². The lowest BCUT2D eigenvalue weighted by Gasteiger charge is -2.05. The van der Waals surface area contributed by atoms with Crippen LogP contribution in [0.3, 0.4) is 0 Å². The summed E-state index contributed by atoms with van der Waals surface area (Å²) in [4.78, 5) is 16.6. The summed E-state index contributed by atoms with van der Waals surface area (Å²) in [5.74, 6) is 0.0436. The number of aromatic nitrogens is 4. The summed E-state index contributed by atoms with van der Waals surface area (Å²) in [6.07, 6.45) is 5.51. The van der Waals surface area contributed by atoms with E-state index in [0.717, 1.165) is 15.7 Å². The summed E-state index contributed by atoms with van der Waals surface area (Å²) in [5.41, 5.74) is 2.64. The van der Waals surface area contributed by atoms with Crippen LogP contribution in [0, 0.1) is 0 Å². The largest absolute Gasteiger partial charge is 0.324 e. The van der Waals surface area contributed by atoms with E-state index in [1.54, 1.807) is 23.1 Å². The van der Waals surface area contributed by atoms with Crippen molar-refractivity contribution in [2.24, 2.45) is 0 Å². The van der Waals surface area contributed by atoms with Crippen molar-refractivity contribution in [2.45, 2.75) is 6.54 Å². The van der Waals surface area contributed by atoms with Gasteiger partial charge in [0.25, 0.3) is 5.91 Å². The molecular formula is C20H16BrN5O. The van der Waals surface area contributed by atoms with E-state index in [1.165, 1.54) is 0 Å². The lowest BCUT2D eigenvalue weighted by atomic mass is 10.2. The molecule has 2 heterocycles. The Balaban J connectivity index is 1.41. The molecule has 7 heteroatoms. The molecule has 0 spiro atoms. The number of benzene rings is 2. The van der Waals surface area contributed by atoms with Crippen molar-refractivity contribution in [2.75, 3.05) is 5.32 Å². The van der Waals surface area contributed by atoms with Gasteiger partial charge in [0.2, 0.25) is 5.95 Å². The Morgan fingerprint density at radius 2 is 1.70 bits per heavy atom. The summed E-state index contributed by atoms with van der Waals surface area (Å²) in [6.45, 7) is 0.585. The maximum absolute atomic E-state index is 12.4. The summed E-state index contributed by atoms with van der Waals surface area (Å²) in [6, 6.07) is 19.2. The number of nitrogens with zero attached hydrogens (tertiary/aromatic N) is 4. The van der Waals surface area contributed by atoms with Crippen LogP contribution >= 0.6 is 15.9 Å². The average molecular weight is 422 g/mol. The predicted molar refractivity (Wildman–Crippen MR) is 107 cm³/mol. The number of anilines is 1. The van der Waals surface area contributed by atoms with E-state index in [0.29, 0.717) is 12.1 Å². The maximum atomic E-state index is 12.4. The minimum atomic E-state index is -0.240. The van der Waals surface area contributed by atoms with E-state index in [4.69, 9.17) is 0 Å². The molecule has 4 rings (SSSR count). The third-order valence-corrected chi connectivity index (χ3v) is 4.58. The van der Waals surface area contributed by atoms with Gasteiger partial charge in [-0.05, 0) is 54.1 Å². The van der Waals surface area contributed by atoms with Crippen LogP contribution in [0.15, 0.2) is 83.9 Å². The first-order valence-corrected chi connectivity index (χ1v) is 9.15. The highest BCUT2D eigenvalue weighted by Crippen LogP contribution is 2.13. The molecule has 0 aliphatic rings. The Bertz CT molecular complexity index is 1040. The minimum Gasteiger partial charge on any atom is -0.324 e. The number of nitrogens with one attached hydrogen (secondary N) is 1. The molecule has 134 valence electrons. The zero-order valence-electron chi connectivity index (χ0n) is 14.3. The topological polar surface area (TPSA) is 64.7 Å². The molecule has 0 bridgehead atoms. The molecule has 0 aliphatic carbocycles. The van der Waals surface area contributed by atoms with Gasteiger partial charge in [0.05, 0.1) is 6.54 Å². The number of amides is 1. The highest BCUT2D eigenvalue weighted by molar-refractivity contribution is 9.10. The van der Waals surface area contributed by atoms with Gasteiger partial charge in [0.1, 0.15) is 6.33 Å². The minimum absolute atomic E-state index is 0.240. The fourth-order valence-corrected chi connectivity index (χ4v) is 2.93. The van der Waals surface area contributed by atoms with E-state index in [1.807, 2.05) is 65.5 Å². The normalized spacial score (nSPS) is 10.7. The Morgan fingerprint density at radius 1 is 1.00 bits per heavy atom. The monoisotopic (exact) mass is 421 g/mol. The summed E-state index contributed by atoms with van der Waals surface area (Å²) in [5, 5.41) is 7.04. The van der Waals surface area contributed by atoms with E-state index in [-0.39, 0.29) is 11.9 Å². The van der Waals surface area contributed by atoms with E-state index >= 15 is 0 Å². The highest BCUT2D eigenvalue weighted by Gasteiger charge is 2.09. The number of carbonyl (C=O) groups excluding carboxylic acids is 1. The number of carbonyl (C=O) groups is 1. The summed E-state index contributed by atoms with van der Waals surface area (Å²) >= 11 is 3.42. The van der Waals surface area contributed by atoms with Crippen LogP contribution in [0.4, 0.5) is 5.95 Å². The van der Waals surface area contributed by atoms with Gasteiger partial charge in [-0.3, -0.25) is 10.1 Å². The Kier molecular flexibility index (Phi) is 4.84. The quantitative estimate of drug-likeness (QED) is 0.526. The summed E-state index contributed by atoms with van der Waals surface area (Å²) < 4.78 is 4.70. The molecule has 0 fully saturated rings. The van der Waals surface area contributed by atoms with Gasteiger partial charge >= 0.3 is 0 Å². The van der Waals surface area contributed by atoms with Crippen molar-refractivity contribution in [3.8, 4) is 5.69 Å². The average Bonchev–Trinajstić information content (AvgIpc) is 3.36.